The number of aromatic nitrogens is 2. The summed E-state index contributed by atoms with van der Waals surface area (Å²) in [7, 11) is 4.08. The zero-order valence-corrected chi connectivity index (χ0v) is 14.9. The van der Waals surface area contributed by atoms with Crippen molar-refractivity contribution in [3.63, 3.8) is 0 Å². The van der Waals surface area contributed by atoms with Crippen LogP contribution < -0.4 is 4.90 Å². The Hall–Kier alpha value is -2.47. The zero-order valence-electron chi connectivity index (χ0n) is 14.9. The Morgan fingerprint density at radius 3 is 2.56 bits per heavy atom. The van der Waals surface area contributed by atoms with Crippen molar-refractivity contribution in [2.45, 2.75) is 13.0 Å². The molecule has 2 heterocycles. The summed E-state index contributed by atoms with van der Waals surface area (Å²) in [4.78, 5) is 19.1. The molecule has 6 nitrogen and oxygen atoms in total. The summed E-state index contributed by atoms with van der Waals surface area (Å²) in [5.74, 6) is 0.988. The minimum Gasteiger partial charge on any atom is -0.353 e. The van der Waals surface area contributed by atoms with Crippen molar-refractivity contribution < 1.29 is 4.79 Å². The van der Waals surface area contributed by atoms with E-state index in [-0.39, 0.29) is 5.91 Å². The van der Waals surface area contributed by atoms with E-state index in [1.807, 2.05) is 55.4 Å². The Bertz CT molecular complexity index is 687. The molecule has 1 aromatic heterocycles. The molecule has 2 aromatic rings. The zero-order chi connectivity index (χ0) is 17.6. The van der Waals surface area contributed by atoms with E-state index in [1.165, 1.54) is 5.56 Å². The maximum atomic E-state index is 12.8. The Morgan fingerprint density at radius 1 is 1.08 bits per heavy atom. The smallest absolute Gasteiger partial charge is 0.253 e. The highest BCUT2D eigenvalue weighted by atomic mass is 16.2. The number of anilines is 1. The van der Waals surface area contributed by atoms with Gasteiger partial charge in [-0.15, -0.1) is 5.10 Å². The third kappa shape index (κ3) is 4.54. The first-order valence-corrected chi connectivity index (χ1v) is 8.69. The van der Waals surface area contributed by atoms with Gasteiger partial charge >= 0.3 is 0 Å². The molecule has 25 heavy (non-hydrogen) atoms. The van der Waals surface area contributed by atoms with Gasteiger partial charge in [0.1, 0.15) is 0 Å². The number of amides is 1. The van der Waals surface area contributed by atoms with Crippen LogP contribution in [0.4, 0.5) is 5.82 Å². The lowest BCUT2D eigenvalue weighted by atomic mass is 10.1. The van der Waals surface area contributed by atoms with Gasteiger partial charge in [-0.25, -0.2) is 0 Å². The van der Waals surface area contributed by atoms with Crippen LogP contribution in [0.2, 0.25) is 0 Å². The normalized spacial score (nSPS) is 15.3. The minimum atomic E-state index is 0.109. The number of hydrogen-bond acceptors (Lipinski definition) is 5. The fourth-order valence-corrected chi connectivity index (χ4v) is 3.11. The van der Waals surface area contributed by atoms with Gasteiger partial charge in [0.05, 0.1) is 0 Å². The van der Waals surface area contributed by atoms with Gasteiger partial charge in [-0.3, -0.25) is 4.79 Å². The first kappa shape index (κ1) is 17.4. The predicted octanol–water partition coefficient (Wildman–Crippen LogP) is 1.89. The molecule has 1 aliphatic heterocycles. The molecule has 0 spiro atoms. The highest BCUT2D eigenvalue weighted by Gasteiger charge is 2.21. The van der Waals surface area contributed by atoms with Crippen molar-refractivity contribution in [1.82, 2.24) is 20.0 Å². The number of carbonyl (C=O) groups excluding carboxylic acids is 1. The first-order valence-electron chi connectivity index (χ1n) is 8.69. The van der Waals surface area contributed by atoms with E-state index in [9.17, 15) is 4.79 Å². The van der Waals surface area contributed by atoms with Gasteiger partial charge in [0.25, 0.3) is 5.91 Å². The highest BCUT2D eigenvalue weighted by molar-refractivity contribution is 5.94. The summed E-state index contributed by atoms with van der Waals surface area (Å²) in [6.07, 6.45) is 2.61. The van der Waals surface area contributed by atoms with E-state index in [0.29, 0.717) is 6.54 Å². The van der Waals surface area contributed by atoms with E-state index in [0.717, 1.165) is 44.0 Å². The van der Waals surface area contributed by atoms with Crippen LogP contribution in [-0.2, 0) is 6.54 Å². The van der Waals surface area contributed by atoms with Crippen LogP contribution in [0.25, 0.3) is 0 Å². The van der Waals surface area contributed by atoms with Crippen LogP contribution in [0.15, 0.2) is 42.6 Å². The minimum absolute atomic E-state index is 0.109. The van der Waals surface area contributed by atoms with Gasteiger partial charge < -0.3 is 14.7 Å². The molecule has 0 unspecified atom stereocenters. The fraction of sp³-hybridized carbons (Fsp3) is 0.421. The number of rotatable bonds is 4. The Morgan fingerprint density at radius 2 is 1.88 bits per heavy atom. The van der Waals surface area contributed by atoms with Crippen LogP contribution in [-0.4, -0.2) is 66.2 Å². The lowest BCUT2D eigenvalue weighted by molar-refractivity contribution is 0.0767. The van der Waals surface area contributed by atoms with Crippen molar-refractivity contribution in [1.29, 1.82) is 0 Å². The SMILES string of the molecule is CN(C)Cc1ccc(C(=O)N2CCCN(c3cccnn3)CC2)cc1. The van der Waals surface area contributed by atoms with Crippen LogP contribution in [0.5, 0.6) is 0 Å². The van der Waals surface area contributed by atoms with Crippen molar-refractivity contribution in [3.05, 3.63) is 53.7 Å². The van der Waals surface area contributed by atoms with Gasteiger partial charge in [0.2, 0.25) is 0 Å². The molecule has 0 radical (unpaired) electrons. The molecular weight excluding hydrogens is 314 g/mol. The topological polar surface area (TPSA) is 52.6 Å². The molecular formula is C19H25N5O. The van der Waals surface area contributed by atoms with Gasteiger partial charge in [0.15, 0.2) is 5.82 Å². The number of nitrogens with zero attached hydrogens (tertiary/aromatic N) is 5. The second-order valence-corrected chi connectivity index (χ2v) is 6.65. The number of hydrogen-bond donors (Lipinski definition) is 0. The summed E-state index contributed by atoms with van der Waals surface area (Å²) in [5, 5.41) is 8.12. The van der Waals surface area contributed by atoms with Gasteiger partial charge in [-0.05, 0) is 50.3 Å². The quantitative estimate of drug-likeness (QED) is 0.851. The molecule has 1 fully saturated rings. The standard InChI is InChI=1S/C19H25N5O/c1-22(2)15-16-6-8-17(9-7-16)19(25)24-12-4-11-23(13-14-24)18-5-3-10-20-21-18/h3,5-10H,4,11-15H2,1-2H3. The molecule has 0 aliphatic carbocycles. The van der Waals surface area contributed by atoms with Crippen molar-refractivity contribution in [2.75, 3.05) is 45.2 Å². The molecule has 132 valence electrons. The van der Waals surface area contributed by atoms with Gasteiger partial charge in [0, 0.05) is 44.5 Å². The van der Waals surface area contributed by atoms with E-state index < -0.39 is 0 Å². The molecule has 0 N–H and O–H groups in total. The Labute approximate surface area is 149 Å². The molecule has 6 heteroatoms. The molecule has 1 aromatic carbocycles. The fourth-order valence-electron chi connectivity index (χ4n) is 3.11. The molecule has 3 rings (SSSR count). The molecule has 0 atom stereocenters. The second kappa shape index (κ2) is 8.07. The van der Waals surface area contributed by atoms with E-state index >= 15 is 0 Å². The molecule has 0 bridgehead atoms. The average Bonchev–Trinajstić information content (AvgIpc) is 2.88. The van der Waals surface area contributed by atoms with Crippen molar-refractivity contribution in [3.8, 4) is 0 Å². The average molecular weight is 339 g/mol. The van der Waals surface area contributed by atoms with E-state index in [1.54, 1.807) is 6.20 Å². The van der Waals surface area contributed by atoms with Crippen LogP contribution in [0.1, 0.15) is 22.3 Å². The first-order chi connectivity index (χ1) is 12.1. The maximum Gasteiger partial charge on any atom is 0.253 e. The summed E-state index contributed by atoms with van der Waals surface area (Å²) in [5.41, 5.74) is 1.97. The highest BCUT2D eigenvalue weighted by Crippen LogP contribution is 2.15. The van der Waals surface area contributed by atoms with Crippen LogP contribution >= 0.6 is 0 Å². The monoisotopic (exact) mass is 339 g/mol. The molecule has 1 saturated heterocycles. The summed E-state index contributed by atoms with van der Waals surface area (Å²) in [6, 6.07) is 11.8. The van der Waals surface area contributed by atoms with Crippen LogP contribution in [0.3, 0.4) is 0 Å². The molecule has 0 saturated carbocycles. The second-order valence-electron chi connectivity index (χ2n) is 6.65. The van der Waals surface area contributed by atoms with E-state index in [2.05, 4.69) is 20.0 Å². The lowest BCUT2D eigenvalue weighted by Gasteiger charge is -2.22. The summed E-state index contributed by atoms with van der Waals surface area (Å²) < 4.78 is 0. The number of carbonyl (C=O) groups is 1. The predicted molar refractivity (Wildman–Crippen MR) is 98.6 cm³/mol. The largest absolute Gasteiger partial charge is 0.353 e. The third-order valence-electron chi connectivity index (χ3n) is 4.37. The maximum absolute atomic E-state index is 12.8. The van der Waals surface area contributed by atoms with Crippen molar-refractivity contribution >= 4 is 11.7 Å². The Kier molecular flexibility index (Phi) is 5.60. The molecule has 1 aliphatic rings. The Balaban J connectivity index is 1.63. The lowest BCUT2D eigenvalue weighted by Crippen LogP contribution is -2.35. The van der Waals surface area contributed by atoms with Gasteiger partial charge in [-0.2, -0.15) is 5.10 Å². The van der Waals surface area contributed by atoms with Gasteiger partial charge in [-0.1, -0.05) is 12.1 Å². The summed E-state index contributed by atoms with van der Waals surface area (Å²) >= 11 is 0. The third-order valence-corrected chi connectivity index (χ3v) is 4.37. The number of benzene rings is 1. The van der Waals surface area contributed by atoms with Crippen molar-refractivity contribution in [2.24, 2.45) is 0 Å². The molecule has 1 amide bonds. The summed E-state index contributed by atoms with van der Waals surface area (Å²) in [6.45, 7) is 4.03. The van der Waals surface area contributed by atoms with Crippen LogP contribution in [0, 0.1) is 0 Å². The van der Waals surface area contributed by atoms with E-state index in [4.69, 9.17) is 0 Å².